The van der Waals surface area contributed by atoms with Crippen LogP contribution in [0, 0.1) is 0 Å². The third-order valence-electron chi connectivity index (χ3n) is 2.41. The molecule has 0 saturated carbocycles. The van der Waals surface area contributed by atoms with Crippen LogP contribution in [0.4, 0.5) is 0 Å². The zero-order valence-electron chi connectivity index (χ0n) is 9.39. The van der Waals surface area contributed by atoms with Crippen molar-refractivity contribution in [2.75, 3.05) is 7.05 Å². The van der Waals surface area contributed by atoms with Crippen molar-refractivity contribution < 1.29 is 4.79 Å². The Balaban J connectivity index is 2.07. The molecule has 0 N–H and O–H groups in total. The van der Waals surface area contributed by atoms with Crippen LogP contribution in [-0.4, -0.2) is 17.9 Å². The minimum absolute atomic E-state index is 0.0471. The summed E-state index contributed by atoms with van der Waals surface area (Å²) in [6.07, 6.45) is 0. The third-order valence-corrected chi connectivity index (χ3v) is 3.80. The smallest absolute Gasteiger partial charge is 0.253 e. The van der Waals surface area contributed by atoms with Gasteiger partial charge in [-0.15, -0.1) is 11.3 Å². The normalized spacial score (nSPS) is 10.2. The molecule has 2 rings (SSSR count). The van der Waals surface area contributed by atoms with Gasteiger partial charge in [-0.3, -0.25) is 4.79 Å². The van der Waals surface area contributed by atoms with Crippen molar-refractivity contribution in [1.82, 2.24) is 4.90 Å². The van der Waals surface area contributed by atoms with E-state index in [2.05, 4.69) is 15.9 Å². The number of carbonyl (C=O) groups excluding carboxylic acids is 1. The first-order chi connectivity index (χ1) is 8.16. The Kier molecular flexibility index (Phi) is 3.97. The topological polar surface area (TPSA) is 20.3 Å². The van der Waals surface area contributed by atoms with Crippen molar-refractivity contribution >= 4 is 33.2 Å². The fraction of sp³-hybridized carbons (Fsp3) is 0.154. The minimum Gasteiger partial charge on any atom is -0.337 e. The highest BCUT2D eigenvalue weighted by molar-refractivity contribution is 9.10. The Hall–Kier alpha value is -1.13. The van der Waals surface area contributed by atoms with Crippen LogP contribution in [0.3, 0.4) is 0 Å². The quantitative estimate of drug-likeness (QED) is 0.845. The molecule has 0 spiro atoms. The second kappa shape index (κ2) is 5.47. The first-order valence-corrected chi connectivity index (χ1v) is 6.87. The van der Waals surface area contributed by atoms with Gasteiger partial charge in [-0.05, 0) is 35.7 Å². The lowest BCUT2D eigenvalue weighted by Crippen LogP contribution is -2.25. The molecule has 1 aromatic heterocycles. The van der Waals surface area contributed by atoms with Crippen LogP contribution in [0.15, 0.2) is 46.3 Å². The summed E-state index contributed by atoms with van der Waals surface area (Å²) >= 11 is 5.02. The Morgan fingerprint density at radius 1 is 1.29 bits per heavy atom. The predicted molar refractivity (Wildman–Crippen MR) is 74.3 cm³/mol. The summed E-state index contributed by atoms with van der Waals surface area (Å²) in [6, 6.07) is 11.5. The molecule has 0 unspecified atom stereocenters. The highest BCUT2D eigenvalue weighted by Crippen LogP contribution is 2.15. The van der Waals surface area contributed by atoms with Crippen molar-refractivity contribution in [3.63, 3.8) is 0 Å². The maximum atomic E-state index is 12.1. The number of hydrogen-bond donors (Lipinski definition) is 0. The second-order valence-electron chi connectivity index (χ2n) is 3.75. The molecule has 88 valence electrons. The van der Waals surface area contributed by atoms with Gasteiger partial charge in [0, 0.05) is 22.0 Å². The summed E-state index contributed by atoms with van der Waals surface area (Å²) in [5.74, 6) is 0.0471. The van der Waals surface area contributed by atoms with Crippen molar-refractivity contribution in [3.05, 3.63) is 56.7 Å². The number of halogens is 1. The average molecular weight is 310 g/mol. The van der Waals surface area contributed by atoms with Gasteiger partial charge in [0.05, 0.1) is 6.54 Å². The van der Waals surface area contributed by atoms with Crippen molar-refractivity contribution in [3.8, 4) is 0 Å². The van der Waals surface area contributed by atoms with E-state index in [4.69, 9.17) is 0 Å². The monoisotopic (exact) mass is 309 g/mol. The molecule has 17 heavy (non-hydrogen) atoms. The van der Waals surface area contributed by atoms with E-state index >= 15 is 0 Å². The lowest BCUT2D eigenvalue weighted by Gasteiger charge is -2.16. The summed E-state index contributed by atoms with van der Waals surface area (Å²) in [5.41, 5.74) is 0.715. The zero-order chi connectivity index (χ0) is 12.3. The summed E-state index contributed by atoms with van der Waals surface area (Å²) in [5, 5.41) is 2.02. The van der Waals surface area contributed by atoms with Crippen LogP contribution in [0.2, 0.25) is 0 Å². The minimum atomic E-state index is 0.0471. The molecular formula is C13H12BrNOS. The number of thiophene rings is 1. The molecule has 1 amide bonds. The highest BCUT2D eigenvalue weighted by atomic mass is 79.9. The molecule has 2 nitrogen and oxygen atoms in total. The SMILES string of the molecule is CN(Cc1cccs1)C(=O)c1ccc(Br)cc1. The van der Waals surface area contributed by atoms with Crippen LogP contribution in [0.5, 0.6) is 0 Å². The second-order valence-corrected chi connectivity index (χ2v) is 5.70. The Morgan fingerprint density at radius 2 is 2.00 bits per heavy atom. The fourth-order valence-electron chi connectivity index (χ4n) is 1.52. The summed E-state index contributed by atoms with van der Waals surface area (Å²) in [4.78, 5) is 15.0. The molecule has 1 heterocycles. The number of amides is 1. The van der Waals surface area contributed by atoms with Crippen molar-refractivity contribution in [2.24, 2.45) is 0 Å². The number of carbonyl (C=O) groups is 1. The van der Waals surface area contributed by atoms with Gasteiger partial charge in [0.2, 0.25) is 0 Å². The standard InChI is InChI=1S/C13H12BrNOS/c1-15(9-12-3-2-8-17-12)13(16)10-4-6-11(14)7-5-10/h2-8H,9H2,1H3. The largest absolute Gasteiger partial charge is 0.337 e. The predicted octanol–water partition coefficient (Wildman–Crippen LogP) is 3.78. The van der Waals surface area contributed by atoms with Gasteiger partial charge in [-0.25, -0.2) is 0 Å². The first-order valence-electron chi connectivity index (χ1n) is 5.20. The average Bonchev–Trinajstić information content (AvgIpc) is 2.82. The van der Waals surface area contributed by atoms with Gasteiger partial charge in [0.1, 0.15) is 0 Å². The van der Waals surface area contributed by atoms with Crippen molar-refractivity contribution in [2.45, 2.75) is 6.54 Å². The van der Waals surface area contributed by atoms with E-state index in [1.807, 2.05) is 48.8 Å². The summed E-state index contributed by atoms with van der Waals surface area (Å²) in [6.45, 7) is 0.659. The lowest BCUT2D eigenvalue weighted by molar-refractivity contribution is 0.0786. The van der Waals surface area contributed by atoms with E-state index in [0.29, 0.717) is 12.1 Å². The van der Waals surface area contributed by atoms with Crippen molar-refractivity contribution in [1.29, 1.82) is 0 Å². The molecule has 0 atom stereocenters. The van der Waals surface area contributed by atoms with E-state index < -0.39 is 0 Å². The van der Waals surface area contributed by atoms with Crippen LogP contribution in [0.25, 0.3) is 0 Å². The number of nitrogens with zero attached hydrogens (tertiary/aromatic N) is 1. The first kappa shape index (κ1) is 12.3. The number of hydrogen-bond acceptors (Lipinski definition) is 2. The molecule has 0 aliphatic heterocycles. The molecule has 0 aliphatic carbocycles. The Labute approximate surface area is 113 Å². The van der Waals surface area contributed by atoms with Gasteiger partial charge >= 0.3 is 0 Å². The van der Waals surface area contributed by atoms with Gasteiger partial charge in [0.15, 0.2) is 0 Å². The van der Waals surface area contributed by atoms with E-state index in [1.165, 1.54) is 4.88 Å². The summed E-state index contributed by atoms with van der Waals surface area (Å²) in [7, 11) is 1.82. The molecule has 0 radical (unpaired) electrons. The molecule has 0 bridgehead atoms. The highest BCUT2D eigenvalue weighted by Gasteiger charge is 2.11. The molecule has 1 aromatic carbocycles. The molecule has 0 aliphatic rings. The van der Waals surface area contributed by atoms with Crippen LogP contribution in [0.1, 0.15) is 15.2 Å². The van der Waals surface area contributed by atoms with Crippen LogP contribution in [-0.2, 0) is 6.54 Å². The molecule has 0 saturated heterocycles. The van der Waals surface area contributed by atoms with E-state index in [9.17, 15) is 4.79 Å². The van der Waals surface area contributed by atoms with E-state index in [-0.39, 0.29) is 5.91 Å². The fourth-order valence-corrected chi connectivity index (χ4v) is 2.54. The molecule has 2 aromatic rings. The molecule has 4 heteroatoms. The lowest BCUT2D eigenvalue weighted by atomic mass is 10.2. The number of rotatable bonds is 3. The van der Waals surface area contributed by atoms with Gasteiger partial charge in [-0.1, -0.05) is 22.0 Å². The number of benzene rings is 1. The zero-order valence-corrected chi connectivity index (χ0v) is 11.8. The summed E-state index contributed by atoms with van der Waals surface area (Å²) < 4.78 is 0.981. The molecular weight excluding hydrogens is 298 g/mol. The van der Waals surface area contributed by atoms with Crippen LogP contribution >= 0.6 is 27.3 Å². The van der Waals surface area contributed by atoms with E-state index in [0.717, 1.165) is 4.47 Å². The molecule has 0 fully saturated rings. The third kappa shape index (κ3) is 3.17. The Bertz CT molecular complexity index is 493. The van der Waals surface area contributed by atoms with Gasteiger partial charge < -0.3 is 4.90 Å². The van der Waals surface area contributed by atoms with Gasteiger partial charge in [-0.2, -0.15) is 0 Å². The maximum Gasteiger partial charge on any atom is 0.253 e. The maximum absolute atomic E-state index is 12.1. The van der Waals surface area contributed by atoms with E-state index in [1.54, 1.807) is 16.2 Å². The van der Waals surface area contributed by atoms with Gasteiger partial charge in [0.25, 0.3) is 5.91 Å². The Morgan fingerprint density at radius 3 is 2.59 bits per heavy atom. The van der Waals surface area contributed by atoms with Crippen LogP contribution < -0.4 is 0 Å².